The smallest absolute Gasteiger partial charge is 0.257 e. The highest BCUT2D eigenvalue weighted by Gasteiger charge is 2.27. The van der Waals surface area contributed by atoms with Crippen LogP contribution in [0, 0.1) is 0 Å². The third kappa shape index (κ3) is 4.00. The van der Waals surface area contributed by atoms with E-state index in [-0.39, 0.29) is 35.5 Å². The first-order valence-corrected chi connectivity index (χ1v) is 11.0. The summed E-state index contributed by atoms with van der Waals surface area (Å²) >= 11 is 0. The molecule has 1 aliphatic heterocycles. The van der Waals surface area contributed by atoms with Crippen molar-refractivity contribution >= 4 is 26.8 Å². The second-order valence-electron chi connectivity index (χ2n) is 6.92. The van der Waals surface area contributed by atoms with Gasteiger partial charge in [-0.15, -0.1) is 0 Å². The number of nitrogens with one attached hydrogen (secondary N) is 2. The van der Waals surface area contributed by atoms with Crippen molar-refractivity contribution < 1.29 is 17.9 Å². The molecule has 2 aromatic carbocycles. The minimum atomic E-state index is -3.75. The topological polar surface area (TPSA) is 109 Å². The van der Waals surface area contributed by atoms with Crippen molar-refractivity contribution in [3.63, 3.8) is 0 Å². The molecule has 4 rings (SSSR count). The lowest BCUT2D eigenvalue weighted by Crippen LogP contribution is -2.40. The van der Waals surface area contributed by atoms with Gasteiger partial charge in [-0.1, -0.05) is 30.3 Å². The SMILES string of the molecule is O=C(NCc1ccccc1)c1c[nH]c2ccc(S(=O)(=O)N3CCOCC3)cc2c1=O. The van der Waals surface area contributed by atoms with E-state index in [4.69, 9.17) is 4.74 Å². The largest absolute Gasteiger partial charge is 0.379 e. The maximum atomic E-state index is 12.9. The van der Waals surface area contributed by atoms with E-state index in [1.165, 1.54) is 28.7 Å². The Kier molecular flexibility index (Phi) is 5.67. The molecule has 156 valence electrons. The number of amides is 1. The molecule has 2 heterocycles. The molecule has 0 saturated carbocycles. The summed E-state index contributed by atoms with van der Waals surface area (Å²) in [5.41, 5.74) is 0.773. The Morgan fingerprint density at radius 1 is 1.10 bits per heavy atom. The van der Waals surface area contributed by atoms with Crippen molar-refractivity contribution in [1.29, 1.82) is 0 Å². The fourth-order valence-electron chi connectivity index (χ4n) is 3.34. The molecule has 1 aliphatic rings. The van der Waals surface area contributed by atoms with Gasteiger partial charge in [-0.05, 0) is 23.8 Å². The Hall–Kier alpha value is -3.01. The number of hydrogen-bond acceptors (Lipinski definition) is 5. The molecule has 0 radical (unpaired) electrons. The predicted octanol–water partition coefficient (Wildman–Crippen LogP) is 1.48. The number of ether oxygens (including phenoxy) is 1. The van der Waals surface area contributed by atoms with E-state index >= 15 is 0 Å². The summed E-state index contributed by atoms with van der Waals surface area (Å²) in [7, 11) is -3.75. The third-order valence-electron chi connectivity index (χ3n) is 5.00. The lowest BCUT2D eigenvalue weighted by Gasteiger charge is -2.26. The predicted molar refractivity (Wildman–Crippen MR) is 112 cm³/mol. The molecule has 0 unspecified atom stereocenters. The molecule has 0 atom stereocenters. The van der Waals surface area contributed by atoms with Crippen LogP contribution in [0.15, 0.2) is 64.4 Å². The van der Waals surface area contributed by atoms with Gasteiger partial charge in [-0.2, -0.15) is 4.31 Å². The van der Waals surface area contributed by atoms with Gasteiger partial charge in [0.05, 0.1) is 18.1 Å². The van der Waals surface area contributed by atoms with Gasteiger partial charge in [0.25, 0.3) is 5.91 Å². The summed E-state index contributed by atoms with van der Waals surface area (Å²) in [5, 5.41) is 2.87. The molecule has 8 nitrogen and oxygen atoms in total. The number of carbonyl (C=O) groups excluding carboxylic acids is 1. The molecule has 1 amide bonds. The minimum Gasteiger partial charge on any atom is -0.379 e. The average molecular weight is 427 g/mol. The van der Waals surface area contributed by atoms with Crippen molar-refractivity contribution in [2.75, 3.05) is 26.3 Å². The molecule has 30 heavy (non-hydrogen) atoms. The lowest BCUT2D eigenvalue weighted by molar-refractivity contribution is 0.0730. The van der Waals surface area contributed by atoms with E-state index in [1.807, 2.05) is 30.3 Å². The van der Waals surface area contributed by atoms with E-state index in [1.54, 1.807) is 0 Å². The number of fused-ring (bicyclic) bond motifs is 1. The van der Waals surface area contributed by atoms with Crippen LogP contribution in [0.4, 0.5) is 0 Å². The van der Waals surface area contributed by atoms with Crippen LogP contribution in [-0.4, -0.2) is 49.9 Å². The molecule has 0 spiro atoms. The molecular formula is C21H21N3O5S. The van der Waals surface area contributed by atoms with Gasteiger partial charge in [-0.3, -0.25) is 9.59 Å². The zero-order chi connectivity index (χ0) is 21.1. The molecule has 0 bridgehead atoms. The zero-order valence-electron chi connectivity index (χ0n) is 16.1. The Balaban J connectivity index is 1.64. The maximum absolute atomic E-state index is 12.9. The van der Waals surface area contributed by atoms with Gasteiger partial charge in [0.15, 0.2) is 0 Å². The van der Waals surface area contributed by atoms with Crippen molar-refractivity contribution in [3.8, 4) is 0 Å². The fraction of sp³-hybridized carbons (Fsp3) is 0.238. The molecule has 3 aromatic rings. The highest BCUT2D eigenvalue weighted by Crippen LogP contribution is 2.20. The fourth-order valence-corrected chi connectivity index (χ4v) is 4.77. The summed E-state index contributed by atoms with van der Waals surface area (Å²) in [6.45, 7) is 1.47. The minimum absolute atomic E-state index is 0.0178. The van der Waals surface area contributed by atoms with Crippen LogP contribution in [-0.2, 0) is 21.3 Å². The Morgan fingerprint density at radius 3 is 2.57 bits per heavy atom. The van der Waals surface area contributed by atoms with Crippen LogP contribution in [0.3, 0.4) is 0 Å². The van der Waals surface area contributed by atoms with Crippen LogP contribution < -0.4 is 10.7 Å². The van der Waals surface area contributed by atoms with Crippen molar-refractivity contribution in [3.05, 3.63) is 76.1 Å². The summed E-state index contributed by atoms with van der Waals surface area (Å²) in [6, 6.07) is 13.7. The highest BCUT2D eigenvalue weighted by atomic mass is 32.2. The molecule has 9 heteroatoms. The number of nitrogens with zero attached hydrogens (tertiary/aromatic N) is 1. The molecule has 1 fully saturated rings. The van der Waals surface area contributed by atoms with E-state index in [0.29, 0.717) is 18.7 Å². The molecule has 2 N–H and O–H groups in total. The summed E-state index contributed by atoms with van der Waals surface area (Å²) < 4.78 is 32.3. The monoisotopic (exact) mass is 427 g/mol. The van der Waals surface area contributed by atoms with Crippen LogP contribution >= 0.6 is 0 Å². The van der Waals surface area contributed by atoms with Gasteiger partial charge in [0.2, 0.25) is 15.5 Å². The summed E-state index contributed by atoms with van der Waals surface area (Å²) in [5.74, 6) is -0.525. The average Bonchev–Trinajstić information content (AvgIpc) is 2.79. The second kappa shape index (κ2) is 8.39. The van der Waals surface area contributed by atoms with Crippen LogP contribution in [0.1, 0.15) is 15.9 Å². The Bertz CT molecular complexity index is 1230. The number of aromatic nitrogens is 1. The van der Waals surface area contributed by atoms with Gasteiger partial charge >= 0.3 is 0 Å². The number of hydrogen-bond donors (Lipinski definition) is 2. The number of sulfonamides is 1. The quantitative estimate of drug-likeness (QED) is 0.641. The third-order valence-corrected chi connectivity index (χ3v) is 6.90. The van der Waals surface area contributed by atoms with E-state index < -0.39 is 21.4 Å². The van der Waals surface area contributed by atoms with Gasteiger partial charge in [0.1, 0.15) is 5.56 Å². The van der Waals surface area contributed by atoms with Crippen LogP contribution in [0.2, 0.25) is 0 Å². The molecular weight excluding hydrogens is 406 g/mol. The molecule has 1 saturated heterocycles. The van der Waals surface area contributed by atoms with Crippen molar-refractivity contribution in [2.24, 2.45) is 0 Å². The van der Waals surface area contributed by atoms with Gasteiger partial charge in [0, 0.05) is 36.7 Å². The summed E-state index contributed by atoms with van der Waals surface area (Å²) in [4.78, 5) is 28.4. The number of aromatic amines is 1. The first kappa shape index (κ1) is 20.3. The first-order valence-electron chi connectivity index (χ1n) is 9.52. The number of rotatable bonds is 5. The Morgan fingerprint density at radius 2 is 1.83 bits per heavy atom. The van der Waals surface area contributed by atoms with Crippen molar-refractivity contribution in [1.82, 2.24) is 14.6 Å². The summed E-state index contributed by atoms with van der Waals surface area (Å²) in [6.07, 6.45) is 1.35. The highest BCUT2D eigenvalue weighted by molar-refractivity contribution is 7.89. The second-order valence-corrected chi connectivity index (χ2v) is 8.86. The van der Waals surface area contributed by atoms with Gasteiger partial charge < -0.3 is 15.0 Å². The number of carbonyl (C=O) groups is 1. The zero-order valence-corrected chi connectivity index (χ0v) is 16.9. The lowest BCUT2D eigenvalue weighted by atomic mass is 10.1. The van der Waals surface area contributed by atoms with Crippen molar-refractivity contribution in [2.45, 2.75) is 11.4 Å². The first-order chi connectivity index (χ1) is 14.5. The van der Waals surface area contributed by atoms with E-state index in [0.717, 1.165) is 5.56 Å². The number of pyridine rings is 1. The number of H-pyrrole nitrogens is 1. The molecule has 0 aliphatic carbocycles. The number of morpholine rings is 1. The van der Waals surface area contributed by atoms with Crippen LogP contribution in [0.25, 0.3) is 10.9 Å². The van der Waals surface area contributed by atoms with Crippen LogP contribution in [0.5, 0.6) is 0 Å². The van der Waals surface area contributed by atoms with E-state index in [2.05, 4.69) is 10.3 Å². The normalized spacial score (nSPS) is 15.2. The van der Waals surface area contributed by atoms with E-state index in [9.17, 15) is 18.0 Å². The standard InChI is InChI=1S/C21H21N3O5S/c25-20-17-12-16(30(27,28)24-8-10-29-11-9-24)6-7-19(17)22-14-18(20)21(26)23-13-15-4-2-1-3-5-15/h1-7,12,14H,8-11,13H2,(H,22,25)(H,23,26). The number of benzene rings is 2. The molecule has 1 aromatic heterocycles. The maximum Gasteiger partial charge on any atom is 0.257 e. The Labute approximate surface area is 173 Å². The van der Waals surface area contributed by atoms with Gasteiger partial charge in [-0.25, -0.2) is 8.42 Å².